The molecule has 0 spiro atoms. The molecular weight excluding hydrogens is 446 g/mol. The number of nitrogens with one attached hydrogen (secondary N) is 1. The molecule has 2 fully saturated rings. The van der Waals surface area contributed by atoms with Crippen LogP contribution in [0.3, 0.4) is 0 Å². The smallest absolute Gasteiger partial charge is 0.228 e. The van der Waals surface area contributed by atoms with Crippen molar-refractivity contribution in [3.8, 4) is 11.1 Å². The summed E-state index contributed by atoms with van der Waals surface area (Å²) in [6.07, 6.45) is 6.30. The van der Waals surface area contributed by atoms with Crippen LogP contribution in [0.2, 0.25) is 0 Å². The fraction of sp³-hybridized carbons (Fsp3) is 0.300. The van der Waals surface area contributed by atoms with Crippen LogP contribution in [0, 0.1) is 0 Å². The number of piperidine rings is 1. The Morgan fingerprint density at radius 1 is 0.861 bits per heavy atom. The molecule has 2 saturated heterocycles. The molecule has 2 aliphatic heterocycles. The number of aromatic nitrogens is 2. The number of likely N-dealkylation sites (tertiary alicyclic amines) is 1. The molecule has 0 aliphatic carbocycles. The fourth-order valence-electron chi connectivity index (χ4n) is 5.22. The molecule has 0 saturated carbocycles. The Kier molecular flexibility index (Phi) is 6.35. The second kappa shape index (κ2) is 10.1. The van der Waals surface area contributed by atoms with E-state index in [2.05, 4.69) is 32.2 Å². The highest BCUT2D eigenvalue weighted by atomic mass is 16.1. The lowest BCUT2D eigenvalue weighted by atomic mass is 10.0. The van der Waals surface area contributed by atoms with E-state index in [9.17, 15) is 4.79 Å². The van der Waals surface area contributed by atoms with Crippen molar-refractivity contribution in [3.63, 3.8) is 0 Å². The first-order chi connectivity index (χ1) is 17.7. The number of hydrogen-bond acceptors (Lipinski definition) is 5. The van der Waals surface area contributed by atoms with Gasteiger partial charge in [0, 0.05) is 24.8 Å². The molecule has 1 N–H and O–H groups in total. The highest BCUT2D eigenvalue weighted by Gasteiger charge is 2.33. The summed E-state index contributed by atoms with van der Waals surface area (Å²) in [5, 5.41) is 2.99. The molecule has 2 aliphatic rings. The largest absolute Gasteiger partial charge is 0.352 e. The SMILES string of the molecule is O=C(Cc1ccccc1)Nc1ccc(-c2ccc3ncc(N4CC(N5CCCCC5)C4)nc3c2)cc1. The highest BCUT2D eigenvalue weighted by Crippen LogP contribution is 2.28. The summed E-state index contributed by atoms with van der Waals surface area (Å²) in [4.78, 5) is 27.0. The van der Waals surface area contributed by atoms with Crippen LogP contribution >= 0.6 is 0 Å². The third-order valence-electron chi connectivity index (χ3n) is 7.33. The lowest BCUT2D eigenvalue weighted by Crippen LogP contribution is -2.60. The Morgan fingerprint density at radius 3 is 2.39 bits per heavy atom. The summed E-state index contributed by atoms with van der Waals surface area (Å²) in [5.41, 5.74) is 5.78. The van der Waals surface area contributed by atoms with E-state index in [-0.39, 0.29) is 5.91 Å². The predicted molar refractivity (Wildman–Crippen MR) is 145 cm³/mol. The van der Waals surface area contributed by atoms with Crippen LogP contribution in [-0.4, -0.2) is 53.0 Å². The predicted octanol–water partition coefficient (Wildman–Crippen LogP) is 5.15. The van der Waals surface area contributed by atoms with Gasteiger partial charge in [0.15, 0.2) is 0 Å². The second-order valence-electron chi connectivity index (χ2n) is 9.88. The van der Waals surface area contributed by atoms with Gasteiger partial charge in [-0.05, 0) is 66.9 Å². The van der Waals surface area contributed by atoms with Gasteiger partial charge < -0.3 is 10.2 Å². The van der Waals surface area contributed by atoms with Gasteiger partial charge in [-0.25, -0.2) is 4.98 Å². The number of carbonyl (C=O) groups excluding carboxylic acids is 1. The standard InChI is InChI=1S/C30H31N5O/c36-30(17-22-7-3-1-4-8-22)32-25-12-9-23(10-13-25)24-11-14-27-28(18-24)33-29(19-31-27)35-20-26(21-35)34-15-5-2-6-16-34/h1,3-4,7-14,18-19,26H,2,5-6,15-17,20-21H2,(H,32,36). The van der Waals surface area contributed by atoms with Crippen LogP contribution in [0.4, 0.5) is 11.5 Å². The van der Waals surface area contributed by atoms with E-state index in [1.165, 1.54) is 32.4 Å². The monoisotopic (exact) mass is 477 g/mol. The quantitative estimate of drug-likeness (QED) is 0.416. The van der Waals surface area contributed by atoms with Crippen molar-refractivity contribution in [1.82, 2.24) is 14.9 Å². The molecular formula is C30H31N5O. The number of carbonyl (C=O) groups is 1. The summed E-state index contributed by atoms with van der Waals surface area (Å²) in [6, 6.07) is 24.6. The van der Waals surface area contributed by atoms with Crippen molar-refractivity contribution >= 4 is 28.4 Å². The first-order valence-electron chi connectivity index (χ1n) is 12.9. The summed E-state index contributed by atoms with van der Waals surface area (Å²) < 4.78 is 0. The summed E-state index contributed by atoms with van der Waals surface area (Å²) in [6.45, 7) is 4.55. The zero-order valence-corrected chi connectivity index (χ0v) is 20.4. The van der Waals surface area contributed by atoms with Crippen molar-refractivity contribution in [1.29, 1.82) is 0 Å². The maximum Gasteiger partial charge on any atom is 0.228 e. The third-order valence-corrected chi connectivity index (χ3v) is 7.33. The highest BCUT2D eigenvalue weighted by molar-refractivity contribution is 5.92. The lowest BCUT2D eigenvalue weighted by Gasteiger charge is -2.47. The van der Waals surface area contributed by atoms with Gasteiger partial charge in [-0.3, -0.25) is 14.7 Å². The van der Waals surface area contributed by atoms with Gasteiger partial charge in [-0.1, -0.05) is 55.0 Å². The molecule has 0 atom stereocenters. The molecule has 0 unspecified atom stereocenters. The zero-order chi connectivity index (χ0) is 24.3. The van der Waals surface area contributed by atoms with Gasteiger partial charge in [-0.2, -0.15) is 0 Å². The first kappa shape index (κ1) is 22.7. The van der Waals surface area contributed by atoms with Gasteiger partial charge in [0.25, 0.3) is 0 Å². The van der Waals surface area contributed by atoms with Gasteiger partial charge in [0.05, 0.1) is 23.7 Å². The van der Waals surface area contributed by atoms with Gasteiger partial charge in [0.1, 0.15) is 5.82 Å². The van der Waals surface area contributed by atoms with E-state index in [4.69, 9.17) is 4.98 Å². The van der Waals surface area contributed by atoms with E-state index in [1.54, 1.807) is 0 Å². The minimum absolute atomic E-state index is 0.0176. The molecule has 0 radical (unpaired) electrons. The van der Waals surface area contributed by atoms with Crippen LogP contribution in [-0.2, 0) is 11.2 Å². The summed E-state index contributed by atoms with van der Waals surface area (Å²) in [5.74, 6) is 0.945. The van der Waals surface area contributed by atoms with Crippen LogP contribution in [0.1, 0.15) is 24.8 Å². The molecule has 36 heavy (non-hydrogen) atoms. The molecule has 3 heterocycles. The lowest BCUT2D eigenvalue weighted by molar-refractivity contribution is -0.115. The van der Waals surface area contributed by atoms with Crippen LogP contribution < -0.4 is 10.2 Å². The van der Waals surface area contributed by atoms with Crippen molar-refractivity contribution in [3.05, 3.63) is 84.6 Å². The second-order valence-corrected chi connectivity index (χ2v) is 9.88. The Labute approximate surface area is 212 Å². The summed E-state index contributed by atoms with van der Waals surface area (Å²) >= 11 is 0. The fourth-order valence-corrected chi connectivity index (χ4v) is 5.22. The number of hydrogen-bond donors (Lipinski definition) is 1. The third kappa shape index (κ3) is 4.95. The Balaban J connectivity index is 1.12. The van der Waals surface area contributed by atoms with E-state index in [0.29, 0.717) is 12.5 Å². The van der Waals surface area contributed by atoms with Crippen LogP contribution in [0.25, 0.3) is 22.2 Å². The average Bonchev–Trinajstić information content (AvgIpc) is 2.89. The molecule has 4 aromatic rings. The Morgan fingerprint density at radius 2 is 1.61 bits per heavy atom. The van der Waals surface area contributed by atoms with E-state index in [0.717, 1.165) is 52.3 Å². The number of anilines is 2. The molecule has 182 valence electrons. The number of nitrogens with zero attached hydrogens (tertiary/aromatic N) is 4. The van der Waals surface area contributed by atoms with Gasteiger partial charge in [-0.15, -0.1) is 0 Å². The number of amides is 1. The number of benzene rings is 3. The van der Waals surface area contributed by atoms with Crippen molar-refractivity contribution < 1.29 is 4.79 Å². The molecule has 1 aromatic heterocycles. The van der Waals surface area contributed by atoms with Gasteiger partial charge in [0.2, 0.25) is 5.91 Å². The van der Waals surface area contributed by atoms with E-state index >= 15 is 0 Å². The van der Waals surface area contributed by atoms with Crippen LogP contribution in [0.15, 0.2) is 79.0 Å². The zero-order valence-electron chi connectivity index (χ0n) is 20.4. The number of rotatable bonds is 6. The maximum atomic E-state index is 12.4. The number of fused-ring (bicyclic) bond motifs is 1. The molecule has 0 bridgehead atoms. The average molecular weight is 478 g/mol. The molecule has 6 heteroatoms. The van der Waals surface area contributed by atoms with Gasteiger partial charge >= 0.3 is 0 Å². The first-order valence-corrected chi connectivity index (χ1v) is 12.9. The minimum atomic E-state index is -0.0176. The van der Waals surface area contributed by atoms with Crippen molar-refractivity contribution in [2.45, 2.75) is 31.7 Å². The van der Waals surface area contributed by atoms with Crippen LogP contribution in [0.5, 0.6) is 0 Å². The Bertz CT molecular complexity index is 1340. The normalized spacial score (nSPS) is 16.6. The van der Waals surface area contributed by atoms with E-state index < -0.39 is 0 Å². The van der Waals surface area contributed by atoms with Crippen molar-refractivity contribution in [2.24, 2.45) is 0 Å². The van der Waals surface area contributed by atoms with Crippen molar-refractivity contribution in [2.75, 3.05) is 36.4 Å². The Hall–Kier alpha value is -3.77. The summed E-state index contributed by atoms with van der Waals surface area (Å²) in [7, 11) is 0. The van der Waals surface area contributed by atoms with E-state index in [1.807, 2.05) is 66.9 Å². The maximum absolute atomic E-state index is 12.4. The molecule has 6 rings (SSSR count). The minimum Gasteiger partial charge on any atom is -0.352 e. The molecule has 6 nitrogen and oxygen atoms in total. The molecule has 3 aromatic carbocycles. The molecule has 1 amide bonds. The topological polar surface area (TPSA) is 61.4 Å².